The van der Waals surface area contributed by atoms with Crippen LogP contribution >= 0.6 is 0 Å². The fraction of sp³-hybridized carbons (Fsp3) is 0.545. The van der Waals surface area contributed by atoms with Gasteiger partial charge < -0.3 is 16.4 Å². The number of aromatic nitrogens is 2. The Morgan fingerprint density at radius 2 is 2.11 bits per heavy atom. The van der Waals surface area contributed by atoms with Crippen molar-refractivity contribution >= 4 is 17.5 Å². The summed E-state index contributed by atoms with van der Waals surface area (Å²) in [5.74, 6) is -0.754. The minimum absolute atomic E-state index is 0.281. The van der Waals surface area contributed by atoms with E-state index in [1.807, 2.05) is 0 Å². The van der Waals surface area contributed by atoms with Gasteiger partial charge in [-0.1, -0.05) is 0 Å². The maximum Gasteiger partial charge on any atom is 0.274 e. The lowest BCUT2D eigenvalue weighted by molar-refractivity contribution is -0.121. The van der Waals surface area contributed by atoms with E-state index >= 15 is 0 Å². The Labute approximate surface area is 105 Å². The van der Waals surface area contributed by atoms with E-state index in [1.165, 1.54) is 9.58 Å². The van der Waals surface area contributed by atoms with Gasteiger partial charge in [0.25, 0.3) is 5.91 Å². The largest absolute Gasteiger partial charge is 0.395 e. The van der Waals surface area contributed by atoms with Crippen LogP contribution in [0.5, 0.6) is 0 Å². The van der Waals surface area contributed by atoms with Crippen LogP contribution in [0.4, 0.5) is 5.69 Å². The second-order valence-corrected chi connectivity index (χ2v) is 4.53. The van der Waals surface area contributed by atoms with Gasteiger partial charge in [-0.3, -0.25) is 14.3 Å². The zero-order valence-corrected chi connectivity index (χ0v) is 10.5. The average molecular weight is 251 g/mol. The van der Waals surface area contributed by atoms with Crippen LogP contribution in [0.15, 0.2) is 0 Å². The summed E-state index contributed by atoms with van der Waals surface area (Å²) in [6.07, 6.45) is 1.38. The molecule has 2 amide bonds. The first kappa shape index (κ1) is 12.4. The number of amides is 2. The van der Waals surface area contributed by atoms with Gasteiger partial charge in [-0.25, -0.2) is 0 Å². The quantitative estimate of drug-likeness (QED) is 0.731. The Morgan fingerprint density at radius 3 is 2.61 bits per heavy atom. The third kappa shape index (κ3) is 1.81. The summed E-state index contributed by atoms with van der Waals surface area (Å²) in [6.45, 7) is 2.26. The van der Waals surface area contributed by atoms with E-state index in [-0.39, 0.29) is 5.91 Å². The molecule has 1 saturated heterocycles. The zero-order valence-electron chi connectivity index (χ0n) is 10.5. The molecule has 0 aromatic carbocycles. The van der Waals surface area contributed by atoms with E-state index in [0.29, 0.717) is 30.0 Å². The molecule has 1 aliphatic rings. The topological polar surface area (TPSA) is 107 Å². The number of likely N-dealkylation sites (tertiary alicyclic amines) is 1. The predicted octanol–water partition coefficient (Wildman–Crippen LogP) is -0.599. The highest BCUT2D eigenvalue weighted by Crippen LogP contribution is 2.23. The molecule has 7 nitrogen and oxygen atoms in total. The van der Waals surface area contributed by atoms with Crippen LogP contribution in [0.1, 0.15) is 29.0 Å². The molecule has 1 aromatic rings. The maximum atomic E-state index is 12.4. The van der Waals surface area contributed by atoms with E-state index in [9.17, 15) is 9.59 Å². The van der Waals surface area contributed by atoms with Gasteiger partial charge in [0.15, 0.2) is 0 Å². The molecule has 1 fully saturated rings. The summed E-state index contributed by atoms with van der Waals surface area (Å²) < 4.78 is 1.45. The molecule has 7 heteroatoms. The summed E-state index contributed by atoms with van der Waals surface area (Å²) in [6, 6.07) is -0.535. The molecule has 0 spiro atoms. The Kier molecular flexibility index (Phi) is 2.98. The summed E-state index contributed by atoms with van der Waals surface area (Å²) in [5, 5.41) is 4.10. The van der Waals surface area contributed by atoms with E-state index < -0.39 is 11.9 Å². The second-order valence-electron chi connectivity index (χ2n) is 4.53. The van der Waals surface area contributed by atoms with E-state index in [2.05, 4.69) is 5.10 Å². The summed E-state index contributed by atoms with van der Waals surface area (Å²) in [7, 11) is 1.66. The SMILES string of the molecule is Cc1nn(C)c(C(=O)N2CCCC2C(N)=O)c1N. The smallest absolute Gasteiger partial charge is 0.274 e. The summed E-state index contributed by atoms with van der Waals surface area (Å²) in [4.78, 5) is 25.2. The van der Waals surface area contributed by atoms with Gasteiger partial charge in [-0.05, 0) is 19.8 Å². The highest BCUT2D eigenvalue weighted by molar-refractivity contribution is 6.00. The Balaban J connectivity index is 2.34. The highest BCUT2D eigenvalue weighted by Gasteiger charge is 2.35. The first-order valence-electron chi connectivity index (χ1n) is 5.82. The van der Waals surface area contributed by atoms with Gasteiger partial charge in [-0.15, -0.1) is 0 Å². The lowest BCUT2D eigenvalue weighted by atomic mass is 10.2. The Morgan fingerprint density at radius 1 is 1.44 bits per heavy atom. The third-order valence-corrected chi connectivity index (χ3v) is 3.31. The number of carbonyl (C=O) groups excluding carboxylic acids is 2. The number of carbonyl (C=O) groups is 2. The number of nitrogen functional groups attached to an aromatic ring is 1. The third-order valence-electron chi connectivity index (χ3n) is 3.31. The van der Waals surface area contributed by atoms with Crippen LogP contribution in [0, 0.1) is 6.92 Å². The van der Waals surface area contributed by atoms with Gasteiger partial charge in [0.1, 0.15) is 11.7 Å². The molecule has 0 radical (unpaired) electrons. The molecule has 98 valence electrons. The van der Waals surface area contributed by atoms with E-state index in [0.717, 1.165) is 6.42 Å². The minimum atomic E-state index is -0.535. The van der Waals surface area contributed by atoms with Crippen molar-refractivity contribution in [3.8, 4) is 0 Å². The number of hydrogen-bond donors (Lipinski definition) is 2. The molecule has 0 bridgehead atoms. The molecule has 18 heavy (non-hydrogen) atoms. The lowest BCUT2D eigenvalue weighted by Gasteiger charge is -2.22. The number of aryl methyl sites for hydroxylation is 2. The molecule has 1 unspecified atom stereocenters. The summed E-state index contributed by atoms with van der Waals surface area (Å²) >= 11 is 0. The van der Waals surface area contributed by atoms with Crippen LogP contribution in [0.25, 0.3) is 0 Å². The number of nitrogens with zero attached hydrogens (tertiary/aromatic N) is 3. The van der Waals surface area contributed by atoms with Crippen molar-refractivity contribution in [2.45, 2.75) is 25.8 Å². The standard InChI is InChI=1S/C11H17N5O2/c1-6-8(12)9(15(2)14-6)11(18)16-5-3-4-7(16)10(13)17/h7H,3-5,12H2,1-2H3,(H2,13,17). The fourth-order valence-corrected chi connectivity index (χ4v) is 2.37. The molecule has 1 atom stereocenters. The normalized spacial score (nSPS) is 19.2. The first-order valence-corrected chi connectivity index (χ1v) is 5.82. The first-order chi connectivity index (χ1) is 8.43. The zero-order chi connectivity index (χ0) is 13.4. The Hall–Kier alpha value is -2.05. The fourth-order valence-electron chi connectivity index (χ4n) is 2.37. The lowest BCUT2D eigenvalue weighted by Crippen LogP contribution is -2.44. The van der Waals surface area contributed by atoms with Crippen molar-refractivity contribution in [2.24, 2.45) is 12.8 Å². The van der Waals surface area contributed by atoms with Gasteiger partial charge in [0.05, 0.1) is 11.4 Å². The monoisotopic (exact) mass is 251 g/mol. The molecule has 4 N–H and O–H groups in total. The van der Waals surface area contributed by atoms with Crippen molar-refractivity contribution in [2.75, 3.05) is 12.3 Å². The highest BCUT2D eigenvalue weighted by atomic mass is 16.2. The molecule has 0 saturated carbocycles. The molecule has 2 heterocycles. The van der Waals surface area contributed by atoms with Crippen LogP contribution < -0.4 is 11.5 Å². The van der Waals surface area contributed by atoms with Crippen LogP contribution in [0.3, 0.4) is 0 Å². The van der Waals surface area contributed by atoms with Crippen molar-refractivity contribution in [3.05, 3.63) is 11.4 Å². The molecule has 0 aliphatic carbocycles. The minimum Gasteiger partial charge on any atom is -0.395 e. The van der Waals surface area contributed by atoms with Crippen molar-refractivity contribution in [3.63, 3.8) is 0 Å². The molecule has 1 aliphatic heterocycles. The number of rotatable bonds is 2. The van der Waals surface area contributed by atoms with Gasteiger partial charge >= 0.3 is 0 Å². The van der Waals surface area contributed by atoms with E-state index in [4.69, 9.17) is 11.5 Å². The Bertz CT molecular complexity index is 508. The van der Waals surface area contributed by atoms with Crippen LogP contribution in [-0.4, -0.2) is 39.1 Å². The molecule has 2 rings (SSSR count). The van der Waals surface area contributed by atoms with Crippen LogP contribution in [0.2, 0.25) is 0 Å². The van der Waals surface area contributed by atoms with Crippen molar-refractivity contribution < 1.29 is 9.59 Å². The van der Waals surface area contributed by atoms with Crippen LogP contribution in [-0.2, 0) is 11.8 Å². The van der Waals surface area contributed by atoms with Crippen molar-refractivity contribution in [1.82, 2.24) is 14.7 Å². The number of anilines is 1. The average Bonchev–Trinajstić information content (AvgIpc) is 2.85. The number of nitrogens with two attached hydrogens (primary N) is 2. The summed E-state index contributed by atoms with van der Waals surface area (Å²) in [5.41, 5.74) is 12.4. The predicted molar refractivity (Wildman–Crippen MR) is 65.6 cm³/mol. The molecular formula is C11H17N5O2. The van der Waals surface area contributed by atoms with Crippen molar-refractivity contribution in [1.29, 1.82) is 0 Å². The maximum absolute atomic E-state index is 12.4. The number of hydrogen-bond acceptors (Lipinski definition) is 4. The molecular weight excluding hydrogens is 234 g/mol. The molecule has 1 aromatic heterocycles. The number of primary amides is 1. The van der Waals surface area contributed by atoms with Gasteiger partial charge in [0.2, 0.25) is 5.91 Å². The second kappa shape index (κ2) is 4.32. The van der Waals surface area contributed by atoms with Gasteiger partial charge in [-0.2, -0.15) is 5.10 Å². The van der Waals surface area contributed by atoms with E-state index in [1.54, 1.807) is 14.0 Å². The van der Waals surface area contributed by atoms with Gasteiger partial charge in [0, 0.05) is 13.6 Å².